The number of benzene rings is 2. The molecule has 0 unspecified atom stereocenters. The zero-order chi connectivity index (χ0) is 15.7. The smallest absolute Gasteiger partial charge is 0.244 e. The molecule has 3 rings (SSSR count). The summed E-state index contributed by atoms with van der Waals surface area (Å²) < 4.78 is 15.6. The second-order valence-electron chi connectivity index (χ2n) is 5.27. The molecular weight excluding hydrogens is 281 g/mol. The third kappa shape index (κ3) is 2.70. The highest BCUT2D eigenvalue weighted by Gasteiger charge is 2.12. The SMILES string of the molecule is Cc1ccc(NC(=O)Cn2c(C)nc3ccccc32)c(F)c1. The van der Waals surface area contributed by atoms with E-state index >= 15 is 0 Å². The minimum Gasteiger partial charge on any atom is -0.322 e. The maximum absolute atomic E-state index is 13.8. The fourth-order valence-corrected chi connectivity index (χ4v) is 2.45. The van der Waals surface area contributed by atoms with E-state index in [2.05, 4.69) is 10.3 Å². The second kappa shape index (κ2) is 5.60. The number of nitrogens with zero attached hydrogens (tertiary/aromatic N) is 2. The third-order valence-corrected chi connectivity index (χ3v) is 3.55. The minimum atomic E-state index is -0.430. The van der Waals surface area contributed by atoms with Crippen molar-refractivity contribution in [1.29, 1.82) is 0 Å². The molecule has 112 valence electrons. The van der Waals surface area contributed by atoms with E-state index in [9.17, 15) is 9.18 Å². The van der Waals surface area contributed by atoms with Crippen molar-refractivity contribution in [2.75, 3.05) is 5.32 Å². The van der Waals surface area contributed by atoms with Gasteiger partial charge in [-0.2, -0.15) is 0 Å². The molecule has 2 aromatic carbocycles. The van der Waals surface area contributed by atoms with Crippen LogP contribution in [0.1, 0.15) is 11.4 Å². The van der Waals surface area contributed by atoms with E-state index in [4.69, 9.17) is 0 Å². The number of halogens is 1. The number of carbonyl (C=O) groups excluding carboxylic acids is 1. The van der Waals surface area contributed by atoms with Crippen LogP contribution >= 0.6 is 0 Å². The summed E-state index contributed by atoms with van der Waals surface area (Å²) in [7, 11) is 0. The van der Waals surface area contributed by atoms with Crippen molar-refractivity contribution in [3.8, 4) is 0 Å². The Balaban J connectivity index is 1.83. The van der Waals surface area contributed by atoms with Crippen LogP contribution in [-0.4, -0.2) is 15.5 Å². The highest BCUT2D eigenvalue weighted by atomic mass is 19.1. The minimum absolute atomic E-state index is 0.0969. The summed E-state index contributed by atoms with van der Waals surface area (Å²) in [5, 5.41) is 2.61. The summed E-state index contributed by atoms with van der Waals surface area (Å²) in [6, 6.07) is 12.3. The molecule has 1 heterocycles. The average Bonchev–Trinajstić information content (AvgIpc) is 2.78. The normalized spacial score (nSPS) is 10.9. The number of amides is 1. The second-order valence-corrected chi connectivity index (χ2v) is 5.27. The first-order chi connectivity index (χ1) is 10.5. The van der Waals surface area contributed by atoms with Gasteiger partial charge in [0.25, 0.3) is 0 Å². The van der Waals surface area contributed by atoms with Crippen molar-refractivity contribution in [2.24, 2.45) is 0 Å². The van der Waals surface area contributed by atoms with Crippen LogP contribution in [0, 0.1) is 19.7 Å². The summed E-state index contributed by atoms with van der Waals surface area (Å²) in [5.41, 5.74) is 2.73. The topological polar surface area (TPSA) is 46.9 Å². The van der Waals surface area contributed by atoms with Crippen molar-refractivity contribution in [2.45, 2.75) is 20.4 Å². The number of hydrogen-bond donors (Lipinski definition) is 1. The van der Waals surface area contributed by atoms with Crippen molar-refractivity contribution in [3.63, 3.8) is 0 Å². The van der Waals surface area contributed by atoms with Crippen LogP contribution in [0.4, 0.5) is 10.1 Å². The number of anilines is 1. The molecule has 3 aromatic rings. The van der Waals surface area contributed by atoms with Gasteiger partial charge in [-0.3, -0.25) is 4.79 Å². The van der Waals surface area contributed by atoms with E-state index < -0.39 is 5.82 Å². The number of para-hydroxylation sites is 2. The zero-order valence-corrected chi connectivity index (χ0v) is 12.4. The van der Waals surface area contributed by atoms with Gasteiger partial charge in [0.2, 0.25) is 5.91 Å². The third-order valence-electron chi connectivity index (χ3n) is 3.55. The van der Waals surface area contributed by atoms with Crippen LogP contribution < -0.4 is 5.32 Å². The van der Waals surface area contributed by atoms with Gasteiger partial charge in [0, 0.05) is 0 Å². The molecular formula is C17H16FN3O. The van der Waals surface area contributed by atoms with Crippen molar-refractivity contribution in [1.82, 2.24) is 9.55 Å². The maximum Gasteiger partial charge on any atom is 0.244 e. The van der Waals surface area contributed by atoms with Crippen LogP contribution in [0.15, 0.2) is 42.5 Å². The van der Waals surface area contributed by atoms with Crippen LogP contribution in [-0.2, 0) is 11.3 Å². The highest BCUT2D eigenvalue weighted by Crippen LogP contribution is 2.17. The van der Waals surface area contributed by atoms with Gasteiger partial charge < -0.3 is 9.88 Å². The van der Waals surface area contributed by atoms with E-state index in [0.29, 0.717) is 0 Å². The van der Waals surface area contributed by atoms with E-state index in [1.807, 2.05) is 35.8 Å². The molecule has 0 saturated heterocycles. The van der Waals surface area contributed by atoms with Gasteiger partial charge in [-0.15, -0.1) is 0 Å². The van der Waals surface area contributed by atoms with Gasteiger partial charge in [0.05, 0.1) is 16.7 Å². The average molecular weight is 297 g/mol. The van der Waals surface area contributed by atoms with Crippen LogP contribution in [0.25, 0.3) is 11.0 Å². The number of rotatable bonds is 3. The lowest BCUT2D eigenvalue weighted by Crippen LogP contribution is -2.20. The summed E-state index contributed by atoms with van der Waals surface area (Å²) in [6.07, 6.45) is 0. The van der Waals surface area contributed by atoms with E-state index in [0.717, 1.165) is 22.4 Å². The molecule has 0 aliphatic heterocycles. The monoisotopic (exact) mass is 297 g/mol. The standard InChI is InChI=1S/C17H16FN3O/c1-11-7-8-14(13(18)9-11)20-17(22)10-21-12(2)19-15-5-3-4-6-16(15)21/h3-9H,10H2,1-2H3,(H,20,22). The molecule has 0 fully saturated rings. The zero-order valence-electron chi connectivity index (χ0n) is 12.4. The molecule has 0 bridgehead atoms. The number of aromatic nitrogens is 2. The molecule has 1 aromatic heterocycles. The fourth-order valence-electron chi connectivity index (χ4n) is 2.45. The van der Waals surface area contributed by atoms with Gasteiger partial charge in [-0.1, -0.05) is 18.2 Å². The Hall–Kier alpha value is -2.69. The van der Waals surface area contributed by atoms with Crippen molar-refractivity contribution >= 4 is 22.6 Å². The van der Waals surface area contributed by atoms with Crippen LogP contribution in [0.5, 0.6) is 0 Å². The highest BCUT2D eigenvalue weighted by molar-refractivity contribution is 5.91. The Bertz CT molecular complexity index is 854. The lowest BCUT2D eigenvalue weighted by molar-refractivity contribution is -0.116. The molecule has 1 amide bonds. The predicted octanol–water partition coefficient (Wildman–Crippen LogP) is 3.43. The molecule has 0 aliphatic rings. The molecule has 1 N–H and O–H groups in total. The van der Waals surface area contributed by atoms with Crippen molar-refractivity contribution in [3.05, 3.63) is 59.7 Å². The summed E-state index contributed by atoms with van der Waals surface area (Å²) in [6.45, 7) is 3.75. The predicted molar refractivity (Wildman–Crippen MR) is 84.2 cm³/mol. The first kappa shape index (κ1) is 14.3. The lowest BCUT2D eigenvalue weighted by Gasteiger charge is -2.09. The Morgan fingerprint density at radius 2 is 2.00 bits per heavy atom. The molecule has 0 atom stereocenters. The van der Waals surface area contributed by atoms with Gasteiger partial charge in [-0.25, -0.2) is 9.37 Å². The Labute approximate surface area is 127 Å². The number of aryl methyl sites for hydroxylation is 2. The van der Waals surface area contributed by atoms with Gasteiger partial charge in [-0.05, 0) is 43.7 Å². The number of fused-ring (bicyclic) bond motifs is 1. The first-order valence-corrected chi connectivity index (χ1v) is 7.02. The number of hydrogen-bond acceptors (Lipinski definition) is 2. The molecule has 22 heavy (non-hydrogen) atoms. The van der Waals surface area contributed by atoms with Gasteiger partial charge in [0.1, 0.15) is 18.2 Å². The first-order valence-electron chi connectivity index (χ1n) is 7.02. The number of imidazole rings is 1. The molecule has 0 spiro atoms. The largest absolute Gasteiger partial charge is 0.322 e. The number of nitrogens with one attached hydrogen (secondary N) is 1. The molecule has 0 saturated carbocycles. The summed E-state index contributed by atoms with van der Waals surface area (Å²) in [4.78, 5) is 16.6. The molecule has 0 radical (unpaired) electrons. The molecule has 5 heteroatoms. The van der Waals surface area contributed by atoms with E-state index in [1.165, 1.54) is 6.07 Å². The lowest BCUT2D eigenvalue weighted by atomic mass is 10.2. The van der Waals surface area contributed by atoms with Gasteiger partial charge in [0.15, 0.2) is 0 Å². The van der Waals surface area contributed by atoms with Crippen molar-refractivity contribution < 1.29 is 9.18 Å². The Morgan fingerprint density at radius 1 is 1.23 bits per heavy atom. The van der Waals surface area contributed by atoms with Crippen LogP contribution in [0.3, 0.4) is 0 Å². The maximum atomic E-state index is 13.8. The summed E-state index contributed by atoms with van der Waals surface area (Å²) in [5.74, 6) is 0.0373. The summed E-state index contributed by atoms with van der Waals surface area (Å²) >= 11 is 0. The van der Waals surface area contributed by atoms with Gasteiger partial charge >= 0.3 is 0 Å². The molecule has 0 aliphatic carbocycles. The number of carbonyl (C=O) groups is 1. The fraction of sp³-hybridized carbons (Fsp3) is 0.176. The Morgan fingerprint density at radius 3 is 2.77 bits per heavy atom. The van der Waals surface area contributed by atoms with E-state index in [-0.39, 0.29) is 18.1 Å². The van der Waals surface area contributed by atoms with Crippen LogP contribution in [0.2, 0.25) is 0 Å². The van der Waals surface area contributed by atoms with E-state index in [1.54, 1.807) is 19.1 Å². The molecule has 4 nitrogen and oxygen atoms in total. The Kier molecular flexibility index (Phi) is 3.63. The quantitative estimate of drug-likeness (QED) is 0.805.